The molecule has 0 aromatic rings. The summed E-state index contributed by atoms with van der Waals surface area (Å²) < 4.78 is 0. The van der Waals surface area contributed by atoms with Crippen LogP contribution in [-0.4, -0.2) is 59.0 Å². The molecule has 0 unspecified atom stereocenters. The zero-order chi connectivity index (χ0) is 12.4. The monoisotopic (exact) mass is 240 g/mol. The van der Waals surface area contributed by atoms with Crippen LogP contribution in [0.15, 0.2) is 0 Å². The summed E-state index contributed by atoms with van der Waals surface area (Å²) in [4.78, 5) is 27.0. The second kappa shape index (κ2) is 5.04. The molecular formula is C12H20N2O3. The van der Waals surface area contributed by atoms with Crippen LogP contribution in [0.1, 0.15) is 32.1 Å². The molecule has 2 fully saturated rings. The van der Waals surface area contributed by atoms with Gasteiger partial charge in [0.15, 0.2) is 0 Å². The molecule has 0 bridgehead atoms. The van der Waals surface area contributed by atoms with E-state index >= 15 is 0 Å². The van der Waals surface area contributed by atoms with E-state index in [1.807, 2.05) is 7.05 Å². The lowest BCUT2D eigenvalue weighted by Crippen LogP contribution is -2.46. The van der Waals surface area contributed by atoms with Crippen LogP contribution in [0.5, 0.6) is 0 Å². The molecule has 2 aliphatic rings. The Morgan fingerprint density at radius 3 is 2.53 bits per heavy atom. The molecule has 0 aromatic carbocycles. The van der Waals surface area contributed by atoms with Gasteiger partial charge < -0.3 is 10.0 Å². The number of aliphatic carboxylic acids is 1. The third-order valence-electron chi connectivity index (χ3n) is 3.88. The summed E-state index contributed by atoms with van der Waals surface area (Å²) in [6, 6.07) is -0.113. The van der Waals surface area contributed by atoms with Gasteiger partial charge in [0, 0.05) is 12.6 Å². The number of nitrogens with zero attached hydrogens (tertiary/aromatic N) is 2. The second-order valence-corrected chi connectivity index (χ2v) is 5.06. The van der Waals surface area contributed by atoms with Gasteiger partial charge in [0.25, 0.3) is 0 Å². The van der Waals surface area contributed by atoms with Crippen LogP contribution in [0.25, 0.3) is 0 Å². The second-order valence-electron chi connectivity index (χ2n) is 5.06. The molecule has 2 saturated heterocycles. The summed E-state index contributed by atoms with van der Waals surface area (Å²) in [6.45, 7) is 1.69. The number of carboxylic acids is 1. The molecule has 0 spiro atoms. The minimum absolute atomic E-state index is 0.0237. The zero-order valence-corrected chi connectivity index (χ0v) is 10.3. The normalized spacial score (nSPS) is 29.8. The third-order valence-corrected chi connectivity index (χ3v) is 3.88. The Morgan fingerprint density at radius 1 is 1.24 bits per heavy atom. The van der Waals surface area contributed by atoms with Crippen molar-refractivity contribution in [2.75, 3.05) is 20.1 Å². The Labute approximate surface area is 101 Å². The molecule has 1 amide bonds. The van der Waals surface area contributed by atoms with Crippen LogP contribution in [0.4, 0.5) is 0 Å². The molecule has 0 saturated carbocycles. The van der Waals surface area contributed by atoms with Crippen LogP contribution in [0, 0.1) is 0 Å². The van der Waals surface area contributed by atoms with E-state index in [0.717, 1.165) is 38.8 Å². The van der Waals surface area contributed by atoms with Crippen LogP contribution in [-0.2, 0) is 9.59 Å². The number of hydrogen-bond acceptors (Lipinski definition) is 3. The first-order chi connectivity index (χ1) is 8.09. The standard InChI is InChI=1S/C12H20N2O3/c1-13-6-3-5-10(13)12(17)14-7-2-4-9(14)8-11(15)16/h9-10H,2-8H2,1H3,(H,15,16)/t9-,10-/m0/s1. The number of likely N-dealkylation sites (tertiary alicyclic amines) is 2. The van der Waals surface area contributed by atoms with Gasteiger partial charge in [-0.25, -0.2) is 0 Å². The van der Waals surface area contributed by atoms with Crippen molar-refractivity contribution >= 4 is 11.9 Å². The number of carbonyl (C=O) groups excluding carboxylic acids is 1. The number of hydrogen-bond donors (Lipinski definition) is 1. The summed E-state index contributed by atoms with van der Waals surface area (Å²) in [7, 11) is 1.97. The van der Waals surface area contributed by atoms with Gasteiger partial charge in [0.2, 0.25) is 5.91 Å². The van der Waals surface area contributed by atoms with Crippen LogP contribution in [0.2, 0.25) is 0 Å². The number of amides is 1. The third kappa shape index (κ3) is 2.60. The number of carboxylic acid groups (broad SMARTS) is 1. The minimum Gasteiger partial charge on any atom is -0.481 e. The van der Waals surface area contributed by atoms with E-state index in [2.05, 4.69) is 4.90 Å². The largest absolute Gasteiger partial charge is 0.481 e. The van der Waals surface area contributed by atoms with Gasteiger partial charge in [-0.1, -0.05) is 0 Å². The lowest BCUT2D eigenvalue weighted by atomic mass is 10.1. The topological polar surface area (TPSA) is 60.9 Å². The van der Waals surface area contributed by atoms with E-state index in [0.29, 0.717) is 0 Å². The highest BCUT2D eigenvalue weighted by Gasteiger charge is 2.37. The molecule has 0 aromatic heterocycles. The highest BCUT2D eigenvalue weighted by atomic mass is 16.4. The first-order valence-corrected chi connectivity index (χ1v) is 6.32. The number of carbonyl (C=O) groups is 2. The fourth-order valence-electron chi connectivity index (χ4n) is 2.95. The van der Waals surface area contributed by atoms with Gasteiger partial charge in [0.05, 0.1) is 12.5 Å². The fourth-order valence-corrected chi connectivity index (χ4v) is 2.95. The van der Waals surface area contributed by atoms with E-state index in [-0.39, 0.29) is 24.4 Å². The molecule has 96 valence electrons. The van der Waals surface area contributed by atoms with Crippen molar-refractivity contribution in [3.8, 4) is 0 Å². The summed E-state index contributed by atoms with van der Waals surface area (Å²) in [5.74, 6) is -0.678. The average Bonchev–Trinajstić information content (AvgIpc) is 2.85. The van der Waals surface area contributed by atoms with Crippen molar-refractivity contribution in [3.05, 3.63) is 0 Å². The molecule has 2 rings (SSSR count). The van der Waals surface area contributed by atoms with Gasteiger partial charge in [-0.15, -0.1) is 0 Å². The number of rotatable bonds is 3. The van der Waals surface area contributed by atoms with Crippen LogP contribution < -0.4 is 0 Å². The Kier molecular flexibility index (Phi) is 3.66. The van der Waals surface area contributed by atoms with Gasteiger partial charge in [-0.2, -0.15) is 0 Å². The molecule has 5 nitrogen and oxygen atoms in total. The van der Waals surface area contributed by atoms with E-state index in [1.54, 1.807) is 4.90 Å². The lowest BCUT2D eigenvalue weighted by molar-refractivity contribution is -0.141. The summed E-state index contributed by atoms with van der Waals surface area (Å²) >= 11 is 0. The smallest absolute Gasteiger partial charge is 0.305 e. The maximum Gasteiger partial charge on any atom is 0.305 e. The van der Waals surface area contributed by atoms with Gasteiger partial charge in [-0.3, -0.25) is 14.5 Å². The van der Waals surface area contributed by atoms with E-state index in [1.165, 1.54) is 0 Å². The quantitative estimate of drug-likeness (QED) is 0.782. The Balaban J connectivity index is 2.00. The average molecular weight is 240 g/mol. The molecule has 5 heteroatoms. The van der Waals surface area contributed by atoms with Crippen molar-refractivity contribution in [2.24, 2.45) is 0 Å². The van der Waals surface area contributed by atoms with Crippen molar-refractivity contribution < 1.29 is 14.7 Å². The predicted octanol–water partition coefficient (Wildman–Crippen LogP) is 0.546. The SMILES string of the molecule is CN1CCC[C@H]1C(=O)N1CCC[C@H]1CC(=O)O. The highest BCUT2D eigenvalue weighted by Crippen LogP contribution is 2.25. The Hall–Kier alpha value is -1.10. The van der Waals surface area contributed by atoms with Crippen molar-refractivity contribution in [2.45, 2.75) is 44.2 Å². The van der Waals surface area contributed by atoms with Crippen molar-refractivity contribution in [1.29, 1.82) is 0 Å². The molecule has 1 N–H and O–H groups in total. The molecule has 2 heterocycles. The molecular weight excluding hydrogens is 220 g/mol. The minimum atomic E-state index is -0.811. The first kappa shape index (κ1) is 12.4. The van der Waals surface area contributed by atoms with Gasteiger partial charge >= 0.3 is 5.97 Å². The molecule has 17 heavy (non-hydrogen) atoms. The van der Waals surface area contributed by atoms with Gasteiger partial charge in [0.1, 0.15) is 0 Å². The molecule has 0 radical (unpaired) electrons. The fraction of sp³-hybridized carbons (Fsp3) is 0.833. The first-order valence-electron chi connectivity index (χ1n) is 6.32. The van der Waals surface area contributed by atoms with E-state index in [9.17, 15) is 9.59 Å². The van der Waals surface area contributed by atoms with Crippen LogP contribution >= 0.6 is 0 Å². The maximum absolute atomic E-state index is 12.3. The summed E-state index contributed by atoms with van der Waals surface area (Å²) in [6.07, 6.45) is 3.81. The Morgan fingerprint density at radius 2 is 1.94 bits per heavy atom. The molecule has 2 atom stereocenters. The zero-order valence-electron chi connectivity index (χ0n) is 10.3. The Bertz CT molecular complexity index is 319. The van der Waals surface area contributed by atoms with E-state index in [4.69, 9.17) is 5.11 Å². The van der Waals surface area contributed by atoms with Crippen LogP contribution in [0.3, 0.4) is 0 Å². The van der Waals surface area contributed by atoms with Crippen molar-refractivity contribution in [3.63, 3.8) is 0 Å². The van der Waals surface area contributed by atoms with Crippen molar-refractivity contribution in [1.82, 2.24) is 9.80 Å². The number of likely N-dealkylation sites (N-methyl/N-ethyl adjacent to an activating group) is 1. The lowest BCUT2D eigenvalue weighted by Gasteiger charge is -2.29. The maximum atomic E-state index is 12.3. The molecule has 2 aliphatic heterocycles. The summed E-state index contributed by atoms with van der Waals surface area (Å²) in [5, 5.41) is 8.84. The molecule has 0 aliphatic carbocycles. The van der Waals surface area contributed by atoms with E-state index < -0.39 is 5.97 Å². The highest BCUT2D eigenvalue weighted by molar-refractivity contribution is 5.83. The summed E-state index contributed by atoms with van der Waals surface area (Å²) in [5.41, 5.74) is 0. The van der Waals surface area contributed by atoms with Gasteiger partial charge in [-0.05, 0) is 39.3 Å². The predicted molar refractivity (Wildman–Crippen MR) is 62.6 cm³/mol.